The Hall–Kier alpha value is -3.93. The summed E-state index contributed by atoms with van der Waals surface area (Å²) in [6, 6.07) is 20.9. The van der Waals surface area contributed by atoms with Crippen molar-refractivity contribution in [3.63, 3.8) is 0 Å². The molecule has 31 heavy (non-hydrogen) atoms. The Labute approximate surface area is 182 Å². The molecule has 0 saturated carbocycles. The summed E-state index contributed by atoms with van der Waals surface area (Å²) in [5.74, 6) is -0.882. The second kappa shape index (κ2) is 10.2. The molecule has 0 bridgehead atoms. The number of hydrazone groups is 1. The molecule has 6 heteroatoms. The summed E-state index contributed by atoms with van der Waals surface area (Å²) in [6.07, 6.45) is 1.47. The molecule has 0 heterocycles. The fourth-order valence-corrected chi connectivity index (χ4v) is 3.03. The Kier molecular flexibility index (Phi) is 7.17. The number of aryl methyl sites for hydroxylation is 3. The van der Waals surface area contributed by atoms with E-state index in [-0.39, 0.29) is 0 Å². The number of hydrogen-bond acceptors (Lipinski definition) is 4. The van der Waals surface area contributed by atoms with Crippen molar-refractivity contribution < 1.29 is 14.3 Å². The molecular weight excluding hydrogens is 390 g/mol. The number of benzene rings is 3. The van der Waals surface area contributed by atoms with Gasteiger partial charge in [-0.05, 0) is 85.0 Å². The van der Waals surface area contributed by atoms with Gasteiger partial charge in [0.05, 0.1) is 6.21 Å². The molecule has 0 aliphatic rings. The van der Waals surface area contributed by atoms with E-state index < -0.39 is 11.8 Å². The number of rotatable bonds is 6. The van der Waals surface area contributed by atoms with E-state index in [9.17, 15) is 9.59 Å². The van der Waals surface area contributed by atoms with Crippen LogP contribution in [0.1, 0.15) is 27.8 Å². The average Bonchev–Trinajstić information content (AvgIpc) is 2.73. The molecule has 3 aromatic rings. The van der Waals surface area contributed by atoms with Crippen molar-refractivity contribution in [2.75, 3.05) is 5.32 Å². The van der Waals surface area contributed by atoms with Crippen LogP contribution in [-0.2, 0) is 16.2 Å². The van der Waals surface area contributed by atoms with Crippen molar-refractivity contribution in [3.8, 4) is 5.75 Å². The van der Waals surface area contributed by atoms with Gasteiger partial charge in [0.15, 0.2) is 0 Å². The number of hydrogen-bond donors (Lipinski definition) is 2. The Morgan fingerprint density at radius 1 is 0.903 bits per heavy atom. The van der Waals surface area contributed by atoms with Crippen molar-refractivity contribution in [1.82, 2.24) is 5.43 Å². The monoisotopic (exact) mass is 415 g/mol. The molecule has 2 N–H and O–H groups in total. The molecule has 6 nitrogen and oxygen atoms in total. The zero-order valence-electron chi connectivity index (χ0n) is 17.8. The van der Waals surface area contributed by atoms with Gasteiger partial charge in [0, 0.05) is 5.69 Å². The molecule has 0 fully saturated rings. The number of amides is 2. The third-order valence-corrected chi connectivity index (χ3v) is 4.60. The van der Waals surface area contributed by atoms with Crippen LogP contribution in [0, 0.1) is 20.8 Å². The maximum atomic E-state index is 12.0. The highest BCUT2D eigenvalue weighted by atomic mass is 16.5. The lowest BCUT2D eigenvalue weighted by Crippen LogP contribution is -2.32. The van der Waals surface area contributed by atoms with E-state index in [4.69, 9.17) is 4.74 Å². The summed E-state index contributed by atoms with van der Waals surface area (Å²) in [5.41, 5.74) is 7.89. The fourth-order valence-electron chi connectivity index (χ4n) is 3.03. The minimum Gasteiger partial charge on any atom is -0.489 e. The maximum Gasteiger partial charge on any atom is 0.329 e. The summed E-state index contributed by atoms with van der Waals surface area (Å²) in [5, 5.41) is 6.42. The first-order chi connectivity index (χ1) is 14.9. The van der Waals surface area contributed by atoms with E-state index in [0.717, 1.165) is 28.0 Å². The number of carbonyl (C=O) groups excluding carboxylic acids is 2. The second-order valence-corrected chi connectivity index (χ2v) is 7.31. The third kappa shape index (κ3) is 6.54. The van der Waals surface area contributed by atoms with Gasteiger partial charge in [-0.1, -0.05) is 30.3 Å². The van der Waals surface area contributed by atoms with Crippen molar-refractivity contribution >= 4 is 23.7 Å². The van der Waals surface area contributed by atoms with Gasteiger partial charge in [-0.3, -0.25) is 9.59 Å². The number of nitrogens with one attached hydrogen (secondary N) is 2. The van der Waals surface area contributed by atoms with Gasteiger partial charge < -0.3 is 10.1 Å². The molecule has 3 rings (SSSR count). The Bertz CT molecular complexity index is 1090. The Balaban J connectivity index is 1.49. The van der Waals surface area contributed by atoms with E-state index in [0.29, 0.717) is 12.3 Å². The molecule has 0 spiro atoms. The molecule has 2 amide bonds. The number of nitrogens with zero attached hydrogens (tertiary/aromatic N) is 1. The van der Waals surface area contributed by atoms with Gasteiger partial charge in [0.25, 0.3) is 0 Å². The highest BCUT2D eigenvalue weighted by molar-refractivity contribution is 6.39. The zero-order chi connectivity index (χ0) is 22.2. The van der Waals surface area contributed by atoms with Crippen molar-refractivity contribution in [1.29, 1.82) is 0 Å². The van der Waals surface area contributed by atoms with Crippen molar-refractivity contribution in [2.24, 2.45) is 5.10 Å². The fraction of sp³-hybridized carbons (Fsp3) is 0.160. The number of carbonyl (C=O) groups is 2. The molecular formula is C25H25N3O3. The Morgan fingerprint density at radius 3 is 2.26 bits per heavy atom. The van der Waals surface area contributed by atoms with Crippen LogP contribution in [0.25, 0.3) is 0 Å². The van der Waals surface area contributed by atoms with E-state index >= 15 is 0 Å². The van der Waals surface area contributed by atoms with Crippen LogP contribution in [0.15, 0.2) is 71.8 Å². The van der Waals surface area contributed by atoms with Crippen LogP contribution < -0.4 is 15.5 Å². The lowest BCUT2D eigenvalue weighted by atomic mass is 10.1. The largest absolute Gasteiger partial charge is 0.489 e. The van der Waals surface area contributed by atoms with E-state index in [2.05, 4.69) is 28.8 Å². The van der Waals surface area contributed by atoms with Gasteiger partial charge >= 0.3 is 11.8 Å². The smallest absolute Gasteiger partial charge is 0.329 e. The van der Waals surface area contributed by atoms with Gasteiger partial charge in [-0.15, -0.1) is 0 Å². The summed E-state index contributed by atoms with van der Waals surface area (Å²) in [6.45, 7) is 6.39. The van der Waals surface area contributed by atoms with Crippen LogP contribution in [0.5, 0.6) is 5.75 Å². The topological polar surface area (TPSA) is 79.8 Å². The first-order valence-corrected chi connectivity index (χ1v) is 9.91. The molecule has 158 valence electrons. The standard InChI is InChI=1S/C25H25N3O3/c1-17-12-18(2)14-22(13-17)27-24(29)25(30)28-26-15-20-8-10-23(11-9-20)31-16-21-7-5-4-6-19(21)3/h4-15H,16H2,1-3H3,(H,27,29)(H,28,30). The van der Waals surface area contributed by atoms with Gasteiger partial charge in [0.2, 0.25) is 0 Å². The van der Waals surface area contributed by atoms with Crippen molar-refractivity contribution in [2.45, 2.75) is 27.4 Å². The van der Waals surface area contributed by atoms with Gasteiger partial charge in [-0.25, -0.2) is 5.43 Å². The van der Waals surface area contributed by atoms with Crippen LogP contribution in [0.2, 0.25) is 0 Å². The average molecular weight is 415 g/mol. The minimum absolute atomic E-state index is 0.492. The molecule has 0 aliphatic carbocycles. The third-order valence-electron chi connectivity index (χ3n) is 4.60. The SMILES string of the molecule is Cc1cc(C)cc(NC(=O)C(=O)NN=Cc2ccc(OCc3ccccc3C)cc2)c1. The summed E-state index contributed by atoms with van der Waals surface area (Å²) >= 11 is 0. The van der Waals surface area contributed by atoms with Crippen LogP contribution in [-0.4, -0.2) is 18.0 Å². The minimum atomic E-state index is -0.839. The first-order valence-electron chi connectivity index (χ1n) is 9.91. The number of anilines is 1. The lowest BCUT2D eigenvalue weighted by Gasteiger charge is -2.08. The highest BCUT2D eigenvalue weighted by Crippen LogP contribution is 2.15. The number of ether oxygens (including phenoxy) is 1. The molecule has 0 saturated heterocycles. The maximum absolute atomic E-state index is 12.0. The lowest BCUT2D eigenvalue weighted by molar-refractivity contribution is -0.136. The summed E-state index contributed by atoms with van der Waals surface area (Å²) < 4.78 is 5.81. The molecule has 0 radical (unpaired) electrons. The van der Waals surface area contributed by atoms with Gasteiger partial charge in [0.1, 0.15) is 12.4 Å². The van der Waals surface area contributed by atoms with Crippen molar-refractivity contribution in [3.05, 3.63) is 94.5 Å². The molecule has 0 aromatic heterocycles. The Morgan fingerprint density at radius 2 is 1.58 bits per heavy atom. The molecule has 0 unspecified atom stereocenters. The molecule has 0 atom stereocenters. The van der Waals surface area contributed by atoms with Crippen LogP contribution >= 0.6 is 0 Å². The quantitative estimate of drug-likeness (QED) is 0.358. The van der Waals surface area contributed by atoms with E-state index in [1.807, 2.05) is 62.4 Å². The highest BCUT2D eigenvalue weighted by Gasteiger charge is 2.13. The normalized spacial score (nSPS) is 10.7. The van der Waals surface area contributed by atoms with Crippen LogP contribution in [0.4, 0.5) is 5.69 Å². The van der Waals surface area contributed by atoms with E-state index in [1.54, 1.807) is 12.1 Å². The zero-order valence-corrected chi connectivity index (χ0v) is 17.8. The summed E-state index contributed by atoms with van der Waals surface area (Å²) in [7, 11) is 0. The van der Waals surface area contributed by atoms with Crippen LogP contribution in [0.3, 0.4) is 0 Å². The summed E-state index contributed by atoms with van der Waals surface area (Å²) in [4.78, 5) is 24.0. The van der Waals surface area contributed by atoms with E-state index in [1.165, 1.54) is 11.8 Å². The predicted molar refractivity (Wildman–Crippen MR) is 122 cm³/mol. The molecule has 3 aromatic carbocycles. The second-order valence-electron chi connectivity index (χ2n) is 7.31. The van der Waals surface area contributed by atoms with Gasteiger partial charge in [-0.2, -0.15) is 5.10 Å². The predicted octanol–water partition coefficient (Wildman–Crippen LogP) is 4.28. The molecule has 0 aliphatic heterocycles. The first kappa shape index (κ1) is 21.8.